The van der Waals surface area contributed by atoms with Crippen LogP contribution in [0, 0.1) is 3.57 Å². The van der Waals surface area contributed by atoms with Gasteiger partial charge in [0, 0.05) is 10.1 Å². The third-order valence-corrected chi connectivity index (χ3v) is 3.02. The number of nitrogens with zero attached hydrogens (tertiary/aromatic N) is 1. The zero-order valence-corrected chi connectivity index (χ0v) is 9.33. The summed E-state index contributed by atoms with van der Waals surface area (Å²) in [5.41, 5.74) is 5.85. The molecule has 0 aliphatic rings. The Hall–Kier alpha value is -0.340. The molecule has 1 heterocycles. The van der Waals surface area contributed by atoms with Crippen molar-refractivity contribution in [1.82, 2.24) is 4.98 Å². The first kappa shape index (κ1) is 11.7. The fourth-order valence-corrected chi connectivity index (χ4v) is 1.69. The maximum absolute atomic E-state index is 12.3. The van der Waals surface area contributed by atoms with Crippen LogP contribution in [0.25, 0.3) is 0 Å². The molecule has 0 aliphatic carbocycles. The predicted octanol–water partition coefficient (Wildman–Crippen LogP) is 1.57. The molecule has 1 rings (SSSR count). The summed E-state index contributed by atoms with van der Waals surface area (Å²) in [5, 5.41) is 8.93. The SMILES string of the molecule is NCc1nc(C(F)F)cc(CO)c1I. The zero-order valence-electron chi connectivity index (χ0n) is 7.17. The molecule has 0 radical (unpaired) electrons. The van der Waals surface area contributed by atoms with Gasteiger partial charge in [0.05, 0.1) is 12.3 Å². The van der Waals surface area contributed by atoms with E-state index < -0.39 is 6.43 Å². The molecule has 0 unspecified atom stereocenters. The van der Waals surface area contributed by atoms with Crippen molar-refractivity contribution in [2.45, 2.75) is 19.6 Å². The van der Waals surface area contributed by atoms with Crippen LogP contribution >= 0.6 is 22.6 Å². The van der Waals surface area contributed by atoms with E-state index >= 15 is 0 Å². The van der Waals surface area contributed by atoms with E-state index in [1.165, 1.54) is 6.07 Å². The Morgan fingerprint density at radius 2 is 2.21 bits per heavy atom. The molecule has 0 fully saturated rings. The first-order chi connectivity index (χ1) is 6.60. The average Bonchev–Trinajstić information content (AvgIpc) is 2.17. The highest BCUT2D eigenvalue weighted by Crippen LogP contribution is 2.23. The van der Waals surface area contributed by atoms with Crippen LogP contribution in [0.1, 0.15) is 23.4 Å². The lowest BCUT2D eigenvalue weighted by Crippen LogP contribution is -2.08. The number of alkyl halides is 2. The number of hydrogen-bond acceptors (Lipinski definition) is 3. The second-order valence-corrected chi connectivity index (χ2v) is 3.71. The van der Waals surface area contributed by atoms with E-state index in [1.807, 2.05) is 22.6 Å². The summed E-state index contributed by atoms with van der Waals surface area (Å²) in [7, 11) is 0. The first-order valence-corrected chi connectivity index (χ1v) is 4.95. The Labute approximate surface area is 93.5 Å². The third-order valence-electron chi connectivity index (χ3n) is 1.71. The molecule has 0 bridgehead atoms. The van der Waals surface area contributed by atoms with Gasteiger partial charge in [0.1, 0.15) is 5.69 Å². The maximum Gasteiger partial charge on any atom is 0.280 e. The van der Waals surface area contributed by atoms with E-state index in [2.05, 4.69) is 4.98 Å². The fourth-order valence-electron chi connectivity index (χ4n) is 1.03. The first-order valence-electron chi connectivity index (χ1n) is 3.87. The maximum atomic E-state index is 12.3. The largest absolute Gasteiger partial charge is 0.392 e. The number of aliphatic hydroxyl groups is 1. The highest BCUT2D eigenvalue weighted by atomic mass is 127. The highest BCUT2D eigenvalue weighted by molar-refractivity contribution is 14.1. The van der Waals surface area contributed by atoms with E-state index in [4.69, 9.17) is 10.8 Å². The summed E-state index contributed by atoms with van der Waals surface area (Å²) in [6.07, 6.45) is -2.64. The van der Waals surface area contributed by atoms with Crippen LogP contribution in [0.5, 0.6) is 0 Å². The lowest BCUT2D eigenvalue weighted by molar-refractivity contribution is 0.145. The van der Waals surface area contributed by atoms with Crippen LogP contribution in [0.3, 0.4) is 0 Å². The van der Waals surface area contributed by atoms with Crippen molar-refractivity contribution in [3.8, 4) is 0 Å². The number of rotatable bonds is 3. The molecule has 1 aromatic heterocycles. The summed E-state index contributed by atoms with van der Waals surface area (Å²) in [4.78, 5) is 3.71. The molecule has 6 heteroatoms. The lowest BCUT2D eigenvalue weighted by Gasteiger charge is -2.08. The van der Waals surface area contributed by atoms with Crippen LogP contribution in [0.2, 0.25) is 0 Å². The number of pyridine rings is 1. The van der Waals surface area contributed by atoms with Gasteiger partial charge in [-0.3, -0.25) is 0 Å². The molecule has 14 heavy (non-hydrogen) atoms. The number of aliphatic hydroxyl groups excluding tert-OH is 1. The molecule has 78 valence electrons. The fraction of sp³-hybridized carbons (Fsp3) is 0.375. The van der Waals surface area contributed by atoms with Gasteiger partial charge in [0.2, 0.25) is 0 Å². The highest BCUT2D eigenvalue weighted by Gasteiger charge is 2.14. The summed E-state index contributed by atoms with van der Waals surface area (Å²) in [6.45, 7) is -0.195. The third kappa shape index (κ3) is 2.37. The Morgan fingerprint density at radius 1 is 1.57 bits per heavy atom. The van der Waals surface area contributed by atoms with Gasteiger partial charge in [-0.05, 0) is 34.2 Å². The van der Waals surface area contributed by atoms with Crippen molar-refractivity contribution >= 4 is 22.6 Å². The molecule has 3 N–H and O–H groups in total. The van der Waals surface area contributed by atoms with Gasteiger partial charge in [0.15, 0.2) is 0 Å². The van der Waals surface area contributed by atoms with Gasteiger partial charge in [-0.15, -0.1) is 0 Å². The molecule has 3 nitrogen and oxygen atoms in total. The minimum atomic E-state index is -2.64. The molecule has 0 saturated carbocycles. The summed E-state index contributed by atoms with van der Waals surface area (Å²) in [5.74, 6) is 0. The van der Waals surface area contributed by atoms with E-state index in [1.54, 1.807) is 0 Å². The molecule has 1 aromatic rings. The normalized spacial score (nSPS) is 11.0. The molecule has 0 aromatic carbocycles. The summed E-state index contributed by atoms with van der Waals surface area (Å²) < 4.78 is 25.3. The number of halogens is 3. The topological polar surface area (TPSA) is 59.1 Å². The van der Waals surface area contributed by atoms with Crippen LogP contribution in [-0.2, 0) is 13.2 Å². The zero-order chi connectivity index (χ0) is 10.7. The van der Waals surface area contributed by atoms with Gasteiger partial charge in [-0.2, -0.15) is 0 Å². The van der Waals surface area contributed by atoms with Crippen molar-refractivity contribution in [3.05, 3.63) is 26.6 Å². The van der Waals surface area contributed by atoms with Crippen LogP contribution in [0.4, 0.5) is 8.78 Å². The minimum Gasteiger partial charge on any atom is -0.392 e. The predicted molar refractivity (Wildman–Crippen MR) is 55.7 cm³/mol. The molecule has 0 saturated heterocycles. The molecule has 0 spiro atoms. The van der Waals surface area contributed by atoms with Crippen molar-refractivity contribution in [1.29, 1.82) is 0 Å². The van der Waals surface area contributed by atoms with Crippen molar-refractivity contribution in [3.63, 3.8) is 0 Å². The lowest BCUT2D eigenvalue weighted by atomic mass is 10.2. The minimum absolute atomic E-state index is 0.0891. The van der Waals surface area contributed by atoms with E-state index in [0.717, 1.165) is 0 Å². The molecule has 0 aliphatic heterocycles. The van der Waals surface area contributed by atoms with Gasteiger partial charge < -0.3 is 10.8 Å². The second kappa shape index (κ2) is 4.94. The standard InChI is InChI=1S/C8H9F2IN2O/c9-8(10)5-1-4(3-14)7(11)6(2-12)13-5/h1,8,14H,2-3,12H2. The van der Waals surface area contributed by atoms with Crippen molar-refractivity contribution in [2.75, 3.05) is 0 Å². The Bertz CT molecular complexity index is 308. The number of hydrogen-bond donors (Lipinski definition) is 2. The van der Waals surface area contributed by atoms with Crippen LogP contribution in [0.15, 0.2) is 6.07 Å². The summed E-state index contributed by atoms with van der Waals surface area (Å²) >= 11 is 1.93. The van der Waals surface area contributed by atoms with E-state index in [0.29, 0.717) is 14.8 Å². The molecular formula is C8H9F2IN2O. The van der Waals surface area contributed by atoms with Crippen molar-refractivity contribution in [2.24, 2.45) is 5.73 Å². The van der Waals surface area contributed by atoms with E-state index in [-0.39, 0.29) is 18.8 Å². The van der Waals surface area contributed by atoms with Crippen LogP contribution in [-0.4, -0.2) is 10.1 Å². The van der Waals surface area contributed by atoms with Gasteiger partial charge in [-0.25, -0.2) is 13.8 Å². The molecule has 0 amide bonds. The van der Waals surface area contributed by atoms with Gasteiger partial charge >= 0.3 is 0 Å². The Morgan fingerprint density at radius 3 is 2.64 bits per heavy atom. The van der Waals surface area contributed by atoms with Crippen molar-refractivity contribution < 1.29 is 13.9 Å². The Balaban J connectivity index is 3.25. The second-order valence-electron chi connectivity index (χ2n) is 2.63. The molecule has 0 atom stereocenters. The van der Waals surface area contributed by atoms with E-state index in [9.17, 15) is 8.78 Å². The number of aromatic nitrogens is 1. The average molecular weight is 314 g/mol. The van der Waals surface area contributed by atoms with Crippen LogP contribution < -0.4 is 5.73 Å². The van der Waals surface area contributed by atoms with Gasteiger partial charge in [-0.1, -0.05) is 0 Å². The van der Waals surface area contributed by atoms with Gasteiger partial charge in [0.25, 0.3) is 6.43 Å². The summed E-state index contributed by atoms with van der Waals surface area (Å²) in [6, 6.07) is 1.20. The molecular weight excluding hydrogens is 305 g/mol. The quantitative estimate of drug-likeness (QED) is 0.833. The smallest absolute Gasteiger partial charge is 0.280 e. The Kier molecular flexibility index (Phi) is 4.14. The number of nitrogens with two attached hydrogens (primary N) is 1. The monoisotopic (exact) mass is 314 g/mol.